The number of nitrogens with zero attached hydrogens (tertiary/aromatic N) is 4. The van der Waals surface area contributed by atoms with E-state index in [2.05, 4.69) is 182 Å². The van der Waals surface area contributed by atoms with E-state index in [9.17, 15) is 0 Å². The van der Waals surface area contributed by atoms with Crippen LogP contribution in [0.4, 0.5) is 0 Å². The van der Waals surface area contributed by atoms with E-state index in [1.54, 1.807) is 0 Å². The minimum Gasteiger partial charge on any atom is -0.272 e. The Kier molecular flexibility index (Phi) is 8.04. The second-order valence-corrected chi connectivity index (χ2v) is 14.5. The van der Waals surface area contributed by atoms with Crippen molar-refractivity contribution in [2.45, 2.75) is 41.5 Å². The Labute approximate surface area is 315 Å². The van der Waals surface area contributed by atoms with Crippen LogP contribution in [0, 0.1) is 41.5 Å². The lowest BCUT2D eigenvalue weighted by molar-refractivity contribution is -0.575. The maximum absolute atomic E-state index is 5.43. The van der Waals surface area contributed by atoms with Gasteiger partial charge in [0.25, 0.3) is 11.6 Å². The van der Waals surface area contributed by atoms with Crippen molar-refractivity contribution in [3.8, 4) is 33.6 Å². The summed E-state index contributed by atoms with van der Waals surface area (Å²) in [5.74, 6) is 1.64. The van der Waals surface area contributed by atoms with Crippen molar-refractivity contribution in [1.29, 1.82) is 0 Å². The molecular formula is C48H42N6+2. The Balaban J connectivity index is 1.51. The lowest BCUT2D eigenvalue weighted by atomic mass is 9.92. The van der Waals surface area contributed by atoms with Crippen molar-refractivity contribution < 1.29 is 9.13 Å². The van der Waals surface area contributed by atoms with E-state index in [1.165, 1.54) is 38.9 Å². The van der Waals surface area contributed by atoms with Gasteiger partial charge in [-0.25, -0.2) is 0 Å². The number of fused-ring (bicyclic) bond motifs is 8. The van der Waals surface area contributed by atoms with Crippen LogP contribution in [0.3, 0.4) is 0 Å². The van der Waals surface area contributed by atoms with Crippen molar-refractivity contribution in [2.24, 2.45) is 0 Å². The number of rotatable bonds is 4. The normalized spacial score (nSPS) is 12.1. The largest absolute Gasteiger partial charge is 0.272 e. The minimum atomic E-state index is 0.820. The first-order chi connectivity index (χ1) is 26.2. The molecule has 0 atom stereocenters. The fraction of sp³-hybridized carbons (Fsp3) is 0.125. The average molecular weight is 703 g/mol. The van der Waals surface area contributed by atoms with Crippen LogP contribution >= 0.6 is 0 Å². The Bertz CT molecular complexity index is 2690. The number of aromatic amines is 2. The molecular weight excluding hydrogens is 661 g/mol. The fourth-order valence-electron chi connectivity index (χ4n) is 8.44. The molecule has 2 aliphatic rings. The van der Waals surface area contributed by atoms with E-state index >= 15 is 0 Å². The van der Waals surface area contributed by atoms with Crippen molar-refractivity contribution in [2.75, 3.05) is 0 Å². The van der Waals surface area contributed by atoms with Crippen LogP contribution in [0.25, 0.3) is 80.3 Å². The molecule has 0 saturated carbocycles. The highest BCUT2D eigenvalue weighted by Gasteiger charge is 2.26. The van der Waals surface area contributed by atoms with Gasteiger partial charge in [-0.05, 0) is 123 Å². The van der Waals surface area contributed by atoms with Gasteiger partial charge >= 0.3 is 0 Å². The standard InChI is InChI=1S/C48H41N6/c1-29-25-31(3)45(32(4)26-29)47-37-17-21-41(49-37)53(35-13-9-7-10-14-35)43-23-19-39(51-43)48(46-33(5)27-30(2)28-34(46)6)40-20-24-44(52-40)54(36-15-11-8-12-16-36)42-22-18-38(47)50-42/h7-28H,1-6H3,(H,49,50,51,52)/q+1/p+1. The molecule has 0 unspecified atom stereocenters. The van der Waals surface area contributed by atoms with Gasteiger partial charge in [-0.3, -0.25) is 9.97 Å². The highest BCUT2D eigenvalue weighted by Crippen LogP contribution is 2.37. The lowest BCUT2D eigenvalue weighted by Crippen LogP contribution is -2.35. The molecule has 8 bridgehead atoms. The molecule has 6 heteroatoms. The first kappa shape index (κ1) is 33.2. The Morgan fingerprint density at radius 1 is 0.407 bits per heavy atom. The van der Waals surface area contributed by atoms with Crippen molar-refractivity contribution in [3.05, 3.63) is 166 Å². The molecule has 0 fully saturated rings. The zero-order valence-electron chi connectivity index (χ0n) is 31.5. The predicted octanol–water partition coefficient (Wildman–Crippen LogP) is 10.4. The molecule has 6 nitrogen and oxygen atoms in total. The zero-order valence-corrected chi connectivity index (χ0v) is 31.5. The van der Waals surface area contributed by atoms with Crippen LogP contribution in [0.1, 0.15) is 56.4 Å². The highest BCUT2D eigenvalue weighted by molar-refractivity contribution is 5.95. The number of H-pyrrole nitrogens is 2. The number of benzene rings is 4. The molecule has 5 heterocycles. The van der Waals surface area contributed by atoms with Gasteiger partial charge in [-0.2, -0.15) is 9.13 Å². The van der Waals surface area contributed by atoms with Crippen LogP contribution in [-0.2, 0) is 0 Å². The first-order valence-electron chi connectivity index (χ1n) is 18.5. The summed E-state index contributed by atoms with van der Waals surface area (Å²) >= 11 is 0. The number of aryl methyl sites for hydroxylation is 6. The molecule has 4 aromatic carbocycles. The Morgan fingerprint density at radius 2 is 0.796 bits per heavy atom. The van der Waals surface area contributed by atoms with E-state index < -0.39 is 0 Å². The summed E-state index contributed by atoms with van der Waals surface area (Å²) in [6.07, 6.45) is 8.52. The average Bonchev–Trinajstić information content (AvgIpc) is 3.98. The van der Waals surface area contributed by atoms with Crippen LogP contribution in [-0.4, -0.2) is 19.9 Å². The molecule has 2 N–H and O–H groups in total. The van der Waals surface area contributed by atoms with Gasteiger partial charge in [-0.15, -0.1) is 9.97 Å². The smallest absolute Gasteiger partial charge is 0.268 e. The summed E-state index contributed by atoms with van der Waals surface area (Å²) in [4.78, 5) is 18.6. The van der Waals surface area contributed by atoms with E-state index in [-0.39, 0.29) is 0 Å². The first-order valence-corrected chi connectivity index (χ1v) is 18.5. The van der Waals surface area contributed by atoms with Crippen molar-refractivity contribution in [3.63, 3.8) is 0 Å². The summed E-state index contributed by atoms with van der Waals surface area (Å²) in [6, 6.07) is 38.7. The number of hydrogen-bond acceptors (Lipinski definition) is 2. The van der Waals surface area contributed by atoms with E-state index in [0.29, 0.717) is 0 Å². The minimum absolute atomic E-state index is 0.820. The summed E-state index contributed by atoms with van der Waals surface area (Å²) in [6.45, 7) is 13.1. The van der Waals surface area contributed by atoms with Gasteiger partial charge in [0.2, 0.25) is 11.3 Å². The quantitative estimate of drug-likeness (QED) is 0.179. The SMILES string of the molecule is Cc1cc(C)c(-c2c3nc([n+](-c4ccccc4)c4ccc([nH]4)c(-c4c(C)cc(C)cc4C)c4ccc([nH]4)[n+](-c4ccccc4)c4nc2C=C4)C=C3)c(C)c1. The molecule has 0 saturated heterocycles. The molecule has 0 radical (unpaired) electrons. The van der Waals surface area contributed by atoms with Gasteiger partial charge < -0.3 is 0 Å². The third-order valence-electron chi connectivity index (χ3n) is 10.5. The van der Waals surface area contributed by atoms with Crippen LogP contribution in [0.15, 0.2) is 109 Å². The van der Waals surface area contributed by atoms with Gasteiger partial charge in [0.15, 0.2) is 11.4 Å². The molecule has 262 valence electrons. The molecule has 0 aliphatic carbocycles. The summed E-state index contributed by atoms with van der Waals surface area (Å²) in [5, 5.41) is 0. The third-order valence-corrected chi connectivity index (χ3v) is 10.5. The third kappa shape index (κ3) is 5.67. The molecule has 54 heavy (non-hydrogen) atoms. The van der Waals surface area contributed by atoms with Gasteiger partial charge in [0.1, 0.15) is 22.4 Å². The van der Waals surface area contributed by atoms with Gasteiger partial charge in [0, 0.05) is 24.3 Å². The summed E-state index contributed by atoms with van der Waals surface area (Å²) in [5.41, 5.74) is 19.4. The maximum atomic E-state index is 5.43. The molecule has 0 amide bonds. The maximum Gasteiger partial charge on any atom is 0.268 e. The zero-order chi connectivity index (χ0) is 37.1. The molecule has 3 aromatic heterocycles. The monoisotopic (exact) mass is 702 g/mol. The Morgan fingerprint density at radius 3 is 1.20 bits per heavy atom. The second-order valence-electron chi connectivity index (χ2n) is 14.5. The highest BCUT2D eigenvalue weighted by atomic mass is 15.1. The van der Waals surface area contributed by atoms with Crippen LogP contribution < -0.4 is 9.13 Å². The lowest BCUT2D eigenvalue weighted by Gasteiger charge is -2.11. The molecule has 7 aromatic rings. The number of hydrogen-bond donors (Lipinski definition) is 2. The van der Waals surface area contributed by atoms with Gasteiger partial charge in [0.05, 0.1) is 11.1 Å². The Hall–Kier alpha value is -6.66. The number of para-hydroxylation sites is 2. The number of aromatic nitrogens is 6. The predicted molar refractivity (Wildman–Crippen MR) is 221 cm³/mol. The van der Waals surface area contributed by atoms with E-state index in [4.69, 9.17) is 9.97 Å². The summed E-state index contributed by atoms with van der Waals surface area (Å²) < 4.78 is 4.41. The molecule has 9 rings (SSSR count). The van der Waals surface area contributed by atoms with Crippen LogP contribution in [0.5, 0.6) is 0 Å². The second kappa shape index (κ2) is 13.1. The topological polar surface area (TPSA) is 65.1 Å². The molecule has 0 spiro atoms. The molecule has 2 aliphatic heterocycles. The fourth-order valence-corrected chi connectivity index (χ4v) is 8.44. The van der Waals surface area contributed by atoms with Crippen molar-refractivity contribution >= 4 is 46.6 Å². The summed E-state index contributed by atoms with van der Waals surface area (Å²) in [7, 11) is 0. The number of nitrogens with one attached hydrogen (secondary N) is 2. The van der Waals surface area contributed by atoms with Crippen molar-refractivity contribution in [1.82, 2.24) is 19.9 Å². The van der Waals surface area contributed by atoms with E-state index in [0.717, 1.165) is 73.4 Å². The van der Waals surface area contributed by atoms with Gasteiger partial charge in [-0.1, -0.05) is 71.8 Å². The van der Waals surface area contributed by atoms with E-state index in [1.807, 2.05) is 12.1 Å². The van der Waals surface area contributed by atoms with Crippen LogP contribution in [0.2, 0.25) is 0 Å².